The highest BCUT2D eigenvalue weighted by atomic mass is 16.3. The molecule has 0 aliphatic heterocycles. The molecule has 0 rings (SSSR count). The summed E-state index contributed by atoms with van der Waals surface area (Å²) in [5.41, 5.74) is 0. The SMILES string of the molecule is CCCCC[C@H](O)C(=O)CO. The Hall–Kier alpha value is -0.410. The van der Waals surface area contributed by atoms with Crippen LogP contribution >= 0.6 is 0 Å². The average molecular weight is 160 g/mol. The number of carbonyl (C=O) groups is 1. The maximum Gasteiger partial charge on any atom is 0.186 e. The smallest absolute Gasteiger partial charge is 0.186 e. The Labute approximate surface area is 67.0 Å². The summed E-state index contributed by atoms with van der Waals surface area (Å²) in [6.07, 6.45) is 2.47. The number of rotatable bonds is 6. The summed E-state index contributed by atoms with van der Waals surface area (Å²) in [6.45, 7) is 1.51. The minimum Gasteiger partial charge on any atom is -0.388 e. The first-order chi connectivity index (χ1) is 5.22. The Morgan fingerprint density at radius 3 is 2.55 bits per heavy atom. The molecule has 1 atom stereocenters. The van der Waals surface area contributed by atoms with Gasteiger partial charge >= 0.3 is 0 Å². The second-order valence-electron chi connectivity index (χ2n) is 2.64. The van der Waals surface area contributed by atoms with E-state index in [1.54, 1.807) is 0 Å². The van der Waals surface area contributed by atoms with E-state index < -0.39 is 18.5 Å². The summed E-state index contributed by atoms with van der Waals surface area (Å²) >= 11 is 0. The summed E-state index contributed by atoms with van der Waals surface area (Å²) in [5, 5.41) is 17.4. The number of Topliss-reactive ketones (excluding diaryl/α,β-unsaturated/α-hetero) is 1. The molecule has 0 heterocycles. The fraction of sp³-hybridized carbons (Fsp3) is 0.875. The molecule has 0 saturated heterocycles. The lowest BCUT2D eigenvalue weighted by Crippen LogP contribution is -2.23. The van der Waals surface area contributed by atoms with Gasteiger partial charge in [-0.15, -0.1) is 0 Å². The fourth-order valence-corrected chi connectivity index (χ4v) is 0.854. The molecule has 0 spiro atoms. The van der Waals surface area contributed by atoms with E-state index in [4.69, 9.17) is 10.2 Å². The molecule has 0 aromatic carbocycles. The highest BCUT2D eigenvalue weighted by Crippen LogP contribution is 2.03. The summed E-state index contributed by atoms with van der Waals surface area (Å²) in [6, 6.07) is 0. The predicted octanol–water partition coefficient (Wildman–Crippen LogP) is 0.489. The van der Waals surface area contributed by atoms with Crippen molar-refractivity contribution in [3.05, 3.63) is 0 Å². The van der Waals surface area contributed by atoms with E-state index in [1.807, 2.05) is 0 Å². The van der Waals surface area contributed by atoms with Gasteiger partial charge in [0.05, 0.1) is 0 Å². The van der Waals surface area contributed by atoms with Crippen molar-refractivity contribution in [3.63, 3.8) is 0 Å². The highest BCUT2D eigenvalue weighted by molar-refractivity contribution is 5.83. The van der Waals surface area contributed by atoms with Gasteiger partial charge in [0, 0.05) is 0 Å². The average Bonchev–Trinajstić information content (AvgIpc) is 2.03. The van der Waals surface area contributed by atoms with Crippen molar-refractivity contribution in [3.8, 4) is 0 Å². The van der Waals surface area contributed by atoms with Crippen LogP contribution in [0.4, 0.5) is 0 Å². The molecular weight excluding hydrogens is 144 g/mol. The number of unbranched alkanes of at least 4 members (excludes halogenated alkanes) is 2. The lowest BCUT2D eigenvalue weighted by atomic mass is 10.1. The van der Waals surface area contributed by atoms with Crippen LogP contribution in [0.3, 0.4) is 0 Å². The molecule has 0 unspecified atom stereocenters. The lowest BCUT2D eigenvalue weighted by Gasteiger charge is -2.05. The van der Waals surface area contributed by atoms with E-state index in [9.17, 15) is 4.79 Å². The van der Waals surface area contributed by atoms with Gasteiger partial charge in [-0.3, -0.25) is 4.79 Å². The van der Waals surface area contributed by atoms with Crippen molar-refractivity contribution in [1.29, 1.82) is 0 Å². The third-order valence-corrected chi connectivity index (χ3v) is 1.61. The van der Waals surface area contributed by atoms with Crippen LogP contribution in [0.1, 0.15) is 32.6 Å². The normalized spacial score (nSPS) is 13.0. The Morgan fingerprint density at radius 1 is 1.45 bits per heavy atom. The van der Waals surface area contributed by atoms with Crippen LogP contribution in [0.25, 0.3) is 0 Å². The number of carbonyl (C=O) groups excluding carboxylic acids is 1. The largest absolute Gasteiger partial charge is 0.388 e. The Balaban J connectivity index is 3.36. The van der Waals surface area contributed by atoms with Crippen LogP contribution in [0.5, 0.6) is 0 Å². The molecule has 0 aliphatic carbocycles. The Bertz CT molecular complexity index is 112. The van der Waals surface area contributed by atoms with E-state index in [-0.39, 0.29) is 0 Å². The molecule has 3 nitrogen and oxygen atoms in total. The number of aliphatic hydroxyl groups excluding tert-OH is 2. The molecule has 2 N–H and O–H groups in total. The van der Waals surface area contributed by atoms with Crippen LogP contribution in [0.15, 0.2) is 0 Å². The first kappa shape index (κ1) is 10.6. The second-order valence-corrected chi connectivity index (χ2v) is 2.64. The van der Waals surface area contributed by atoms with Crippen molar-refractivity contribution in [2.24, 2.45) is 0 Å². The van der Waals surface area contributed by atoms with E-state index in [1.165, 1.54) is 0 Å². The summed E-state index contributed by atoms with van der Waals surface area (Å²) in [7, 11) is 0. The summed E-state index contributed by atoms with van der Waals surface area (Å²) in [5.74, 6) is -0.471. The zero-order valence-electron chi connectivity index (χ0n) is 6.92. The maximum atomic E-state index is 10.6. The minimum atomic E-state index is -0.952. The van der Waals surface area contributed by atoms with Crippen LogP contribution in [0, 0.1) is 0 Å². The molecule has 11 heavy (non-hydrogen) atoms. The quantitative estimate of drug-likeness (QED) is 0.556. The second kappa shape index (κ2) is 6.31. The van der Waals surface area contributed by atoms with Crippen LogP contribution in [-0.2, 0) is 4.79 Å². The topological polar surface area (TPSA) is 57.5 Å². The molecule has 0 amide bonds. The zero-order chi connectivity index (χ0) is 8.69. The van der Waals surface area contributed by atoms with Crippen LogP contribution < -0.4 is 0 Å². The van der Waals surface area contributed by atoms with Crippen molar-refractivity contribution < 1.29 is 15.0 Å². The minimum absolute atomic E-state index is 0.471. The van der Waals surface area contributed by atoms with Crippen molar-refractivity contribution in [2.75, 3.05) is 6.61 Å². The fourth-order valence-electron chi connectivity index (χ4n) is 0.854. The molecule has 0 saturated carbocycles. The van der Waals surface area contributed by atoms with Gasteiger partial charge in [-0.1, -0.05) is 26.2 Å². The Kier molecular flexibility index (Phi) is 6.07. The van der Waals surface area contributed by atoms with Crippen LogP contribution in [0.2, 0.25) is 0 Å². The predicted molar refractivity (Wildman–Crippen MR) is 42.2 cm³/mol. The first-order valence-corrected chi connectivity index (χ1v) is 4.04. The Morgan fingerprint density at radius 2 is 2.09 bits per heavy atom. The standard InChI is InChI=1S/C8H16O3/c1-2-3-4-5-7(10)8(11)6-9/h7,9-10H,2-6H2,1H3/t7-/m0/s1. The first-order valence-electron chi connectivity index (χ1n) is 4.04. The third-order valence-electron chi connectivity index (χ3n) is 1.61. The van der Waals surface area contributed by atoms with Gasteiger partial charge in [-0.2, -0.15) is 0 Å². The number of aliphatic hydroxyl groups is 2. The third kappa shape index (κ3) is 4.93. The van der Waals surface area contributed by atoms with Gasteiger partial charge in [-0.05, 0) is 6.42 Å². The van der Waals surface area contributed by atoms with E-state index in [0.29, 0.717) is 6.42 Å². The van der Waals surface area contributed by atoms with E-state index in [2.05, 4.69) is 6.92 Å². The van der Waals surface area contributed by atoms with Gasteiger partial charge in [0.25, 0.3) is 0 Å². The highest BCUT2D eigenvalue weighted by Gasteiger charge is 2.11. The van der Waals surface area contributed by atoms with Gasteiger partial charge in [0.1, 0.15) is 12.7 Å². The number of hydrogen-bond donors (Lipinski definition) is 2. The summed E-state index contributed by atoms with van der Waals surface area (Å²) in [4.78, 5) is 10.6. The molecular formula is C8H16O3. The van der Waals surface area contributed by atoms with Crippen LogP contribution in [-0.4, -0.2) is 28.7 Å². The van der Waals surface area contributed by atoms with Gasteiger partial charge in [0.2, 0.25) is 0 Å². The van der Waals surface area contributed by atoms with Gasteiger partial charge in [-0.25, -0.2) is 0 Å². The lowest BCUT2D eigenvalue weighted by molar-refractivity contribution is -0.130. The summed E-state index contributed by atoms with van der Waals surface area (Å²) < 4.78 is 0. The molecule has 3 heteroatoms. The number of hydrogen-bond acceptors (Lipinski definition) is 3. The van der Waals surface area contributed by atoms with Crippen molar-refractivity contribution in [1.82, 2.24) is 0 Å². The molecule has 66 valence electrons. The zero-order valence-corrected chi connectivity index (χ0v) is 6.92. The van der Waals surface area contributed by atoms with E-state index in [0.717, 1.165) is 19.3 Å². The molecule has 0 aromatic heterocycles. The molecule has 0 aliphatic rings. The molecule has 0 fully saturated rings. The molecule has 0 aromatic rings. The van der Waals surface area contributed by atoms with E-state index >= 15 is 0 Å². The number of ketones is 1. The van der Waals surface area contributed by atoms with Crippen molar-refractivity contribution >= 4 is 5.78 Å². The maximum absolute atomic E-state index is 10.6. The molecule has 0 bridgehead atoms. The van der Waals surface area contributed by atoms with Gasteiger partial charge < -0.3 is 10.2 Å². The monoisotopic (exact) mass is 160 g/mol. The van der Waals surface area contributed by atoms with Crippen molar-refractivity contribution in [2.45, 2.75) is 38.7 Å². The molecule has 0 radical (unpaired) electrons. The van der Waals surface area contributed by atoms with Gasteiger partial charge in [0.15, 0.2) is 5.78 Å².